The summed E-state index contributed by atoms with van der Waals surface area (Å²) in [6.45, 7) is 4.77. The van der Waals surface area contributed by atoms with Gasteiger partial charge >= 0.3 is 5.97 Å². The van der Waals surface area contributed by atoms with Crippen LogP contribution in [0.1, 0.15) is 71.6 Å². The van der Waals surface area contributed by atoms with E-state index in [9.17, 15) is 9.59 Å². The third-order valence-electron chi connectivity index (χ3n) is 8.73. The van der Waals surface area contributed by atoms with Crippen molar-refractivity contribution in [1.29, 1.82) is 0 Å². The minimum absolute atomic E-state index is 0.0209. The summed E-state index contributed by atoms with van der Waals surface area (Å²) >= 11 is 3.20. The van der Waals surface area contributed by atoms with Crippen molar-refractivity contribution in [2.75, 3.05) is 5.33 Å². The van der Waals surface area contributed by atoms with E-state index in [-0.39, 0.29) is 17.5 Å². The molecule has 0 spiro atoms. The van der Waals surface area contributed by atoms with Crippen LogP contribution in [0.5, 0.6) is 0 Å². The maximum atomic E-state index is 12.5. The number of rotatable bonds is 2. The number of ether oxygens (including phenoxy) is 1. The first-order valence-corrected chi connectivity index (χ1v) is 11.3. The molecule has 0 aromatic carbocycles. The fourth-order valence-corrected chi connectivity index (χ4v) is 7.45. The highest BCUT2D eigenvalue weighted by atomic mass is 79.9. The van der Waals surface area contributed by atoms with Gasteiger partial charge in [-0.15, -0.1) is 0 Å². The molecule has 0 saturated heterocycles. The van der Waals surface area contributed by atoms with Crippen molar-refractivity contribution >= 4 is 27.7 Å². The quantitative estimate of drug-likeness (QED) is 0.479. The van der Waals surface area contributed by atoms with Crippen molar-refractivity contribution in [2.24, 2.45) is 34.5 Å². The lowest BCUT2D eigenvalue weighted by Crippen LogP contribution is -2.54. The van der Waals surface area contributed by atoms with Gasteiger partial charge in [0.15, 0.2) is 0 Å². The van der Waals surface area contributed by atoms with E-state index < -0.39 is 0 Å². The molecule has 0 N–H and O–H groups in total. The Morgan fingerprint density at radius 3 is 2.68 bits per heavy atom. The largest absolute Gasteiger partial charge is 0.462 e. The lowest BCUT2D eigenvalue weighted by molar-refractivity contribution is -0.159. The highest BCUT2D eigenvalue weighted by molar-refractivity contribution is 9.09. The molecule has 0 aromatic heterocycles. The average Bonchev–Trinajstić information content (AvgIpc) is 2.90. The molecule has 0 bridgehead atoms. The number of halogens is 1. The Morgan fingerprint density at radius 1 is 1.12 bits per heavy atom. The zero-order chi connectivity index (χ0) is 17.8. The van der Waals surface area contributed by atoms with Crippen LogP contribution < -0.4 is 0 Å². The maximum absolute atomic E-state index is 12.5. The van der Waals surface area contributed by atoms with Crippen LogP contribution in [0.4, 0.5) is 0 Å². The second-order valence-corrected chi connectivity index (χ2v) is 10.2. The van der Waals surface area contributed by atoms with Gasteiger partial charge in [0.1, 0.15) is 17.2 Å². The van der Waals surface area contributed by atoms with Crippen molar-refractivity contribution < 1.29 is 14.3 Å². The number of fused-ring (bicyclic) bond motifs is 5. The van der Waals surface area contributed by atoms with E-state index in [0.29, 0.717) is 28.4 Å². The number of esters is 1. The number of alkyl halides is 1. The van der Waals surface area contributed by atoms with Crippen LogP contribution >= 0.6 is 15.9 Å². The molecular formula is C21H31BrO3. The molecule has 2 unspecified atom stereocenters. The van der Waals surface area contributed by atoms with E-state index in [1.807, 2.05) is 0 Å². The predicted molar refractivity (Wildman–Crippen MR) is 100 cm³/mol. The summed E-state index contributed by atoms with van der Waals surface area (Å²) in [7, 11) is 0. The number of carbonyl (C=O) groups is 2. The van der Waals surface area contributed by atoms with Gasteiger partial charge < -0.3 is 4.74 Å². The first-order valence-electron chi connectivity index (χ1n) is 10.2. The van der Waals surface area contributed by atoms with E-state index >= 15 is 0 Å². The van der Waals surface area contributed by atoms with Gasteiger partial charge in [-0.2, -0.15) is 0 Å². The highest BCUT2D eigenvalue weighted by Crippen LogP contribution is 2.65. The zero-order valence-corrected chi connectivity index (χ0v) is 17.1. The summed E-state index contributed by atoms with van der Waals surface area (Å²) in [6, 6.07) is 0. The van der Waals surface area contributed by atoms with Gasteiger partial charge in [-0.3, -0.25) is 9.59 Å². The topological polar surface area (TPSA) is 43.4 Å². The van der Waals surface area contributed by atoms with Crippen LogP contribution in [-0.2, 0) is 14.3 Å². The molecule has 7 atom stereocenters. The smallest absolute Gasteiger partial charge is 0.316 e. The van der Waals surface area contributed by atoms with E-state index in [2.05, 4.69) is 29.8 Å². The lowest BCUT2D eigenvalue weighted by atomic mass is 9.45. The van der Waals surface area contributed by atoms with E-state index in [4.69, 9.17) is 4.74 Å². The molecule has 0 amide bonds. The van der Waals surface area contributed by atoms with E-state index in [1.165, 1.54) is 25.7 Å². The van der Waals surface area contributed by atoms with Crippen LogP contribution in [0.3, 0.4) is 0 Å². The van der Waals surface area contributed by atoms with Gasteiger partial charge in [0.25, 0.3) is 0 Å². The molecule has 4 aliphatic carbocycles. The first-order chi connectivity index (χ1) is 11.9. The summed E-state index contributed by atoms with van der Waals surface area (Å²) in [4.78, 5) is 24.1. The summed E-state index contributed by atoms with van der Waals surface area (Å²) in [6.07, 6.45) is 10.1. The van der Waals surface area contributed by atoms with Gasteiger partial charge in [0.2, 0.25) is 0 Å². The van der Waals surface area contributed by atoms with E-state index in [0.717, 1.165) is 43.9 Å². The fraction of sp³-hybridized carbons (Fsp3) is 0.905. The molecule has 140 valence electrons. The second kappa shape index (κ2) is 6.35. The molecule has 4 saturated carbocycles. The Hall–Kier alpha value is -0.380. The molecule has 4 aliphatic rings. The number of hydrogen-bond acceptors (Lipinski definition) is 3. The standard InChI is InChI=1S/C21H31BrO3/c1-20-9-7-14(25-19(24)12-22)11-13(20)3-4-15-16-5-6-18(23)21(16,2)10-8-17(15)20/h13-17H,3-12H2,1-2H3/t13?,14?,15-,16-,17+,20-,21-/m0/s1. The predicted octanol–water partition coefficient (Wildman–Crippen LogP) is 4.90. The minimum Gasteiger partial charge on any atom is -0.462 e. The van der Waals surface area contributed by atoms with Crippen LogP contribution in [0.25, 0.3) is 0 Å². The fourth-order valence-electron chi connectivity index (χ4n) is 7.31. The molecule has 4 heteroatoms. The SMILES string of the molecule is C[C@]12CCC(OC(=O)CBr)CC1CC[C@@H]1[C@H]2CC[C@]2(C)C(=O)CC[C@@H]12. The molecular weight excluding hydrogens is 380 g/mol. The normalized spacial score (nSPS) is 49.1. The second-order valence-electron chi connectivity index (χ2n) is 9.59. The minimum atomic E-state index is -0.125. The number of hydrogen-bond donors (Lipinski definition) is 0. The highest BCUT2D eigenvalue weighted by Gasteiger charge is 2.60. The Labute approximate surface area is 159 Å². The molecule has 3 nitrogen and oxygen atoms in total. The molecule has 0 aliphatic heterocycles. The third-order valence-corrected chi connectivity index (χ3v) is 9.19. The number of carbonyl (C=O) groups excluding carboxylic acids is 2. The Balaban J connectivity index is 1.51. The molecule has 0 heterocycles. The van der Waals surface area contributed by atoms with Crippen molar-refractivity contribution in [3.63, 3.8) is 0 Å². The van der Waals surface area contributed by atoms with Gasteiger partial charge in [-0.25, -0.2) is 0 Å². The van der Waals surface area contributed by atoms with Crippen LogP contribution in [0.2, 0.25) is 0 Å². The van der Waals surface area contributed by atoms with Crippen LogP contribution in [-0.4, -0.2) is 23.2 Å². The van der Waals surface area contributed by atoms with E-state index in [1.54, 1.807) is 0 Å². The maximum Gasteiger partial charge on any atom is 0.316 e. The van der Waals surface area contributed by atoms with Gasteiger partial charge in [-0.1, -0.05) is 29.8 Å². The van der Waals surface area contributed by atoms with Crippen molar-refractivity contribution in [3.8, 4) is 0 Å². The van der Waals surface area contributed by atoms with Crippen molar-refractivity contribution in [3.05, 3.63) is 0 Å². The Kier molecular flexibility index (Phi) is 4.57. The molecule has 0 radical (unpaired) electrons. The summed E-state index contributed by atoms with van der Waals surface area (Å²) in [5, 5.41) is 0.296. The Morgan fingerprint density at radius 2 is 1.92 bits per heavy atom. The van der Waals surface area contributed by atoms with Crippen LogP contribution in [0, 0.1) is 34.5 Å². The lowest BCUT2D eigenvalue weighted by Gasteiger charge is -2.60. The molecule has 4 rings (SSSR count). The number of ketones is 1. The van der Waals surface area contributed by atoms with Gasteiger partial charge in [0.05, 0.1) is 0 Å². The summed E-state index contributed by atoms with van der Waals surface area (Å²) in [5.74, 6) is 3.22. The first kappa shape index (κ1) is 18.0. The van der Waals surface area contributed by atoms with Gasteiger partial charge in [-0.05, 0) is 80.5 Å². The van der Waals surface area contributed by atoms with Gasteiger partial charge in [0, 0.05) is 11.8 Å². The van der Waals surface area contributed by atoms with Crippen molar-refractivity contribution in [1.82, 2.24) is 0 Å². The number of Topliss-reactive ketones (excluding diaryl/α,β-unsaturated/α-hetero) is 1. The monoisotopic (exact) mass is 410 g/mol. The van der Waals surface area contributed by atoms with Crippen molar-refractivity contribution in [2.45, 2.75) is 77.7 Å². The third kappa shape index (κ3) is 2.73. The zero-order valence-electron chi connectivity index (χ0n) is 15.6. The average molecular weight is 411 g/mol. The summed E-state index contributed by atoms with van der Waals surface area (Å²) < 4.78 is 5.64. The molecule has 0 aromatic rings. The molecule has 25 heavy (non-hydrogen) atoms. The molecule has 4 fully saturated rings. The Bertz CT molecular complexity index is 575. The van der Waals surface area contributed by atoms with Crippen LogP contribution in [0.15, 0.2) is 0 Å². The summed E-state index contributed by atoms with van der Waals surface area (Å²) in [5.41, 5.74) is 0.361.